The Hall–Kier alpha value is -1.13. The Bertz CT molecular complexity index is 649. The van der Waals surface area contributed by atoms with Gasteiger partial charge in [-0.25, -0.2) is 8.42 Å². The molecule has 0 spiro atoms. The van der Waals surface area contributed by atoms with Crippen molar-refractivity contribution in [3.05, 3.63) is 28.8 Å². The van der Waals surface area contributed by atoms with Crippen LogP contribution in [0.3, 0.4) is 0 Å². The normalized spacial score (nSPS) is 18.9. The summed E-state index contributed by atoms with van der Waals surface area (Å²) in [5, 5.41) is 9.00. The highest BCUT2D eigenvalue weighted by Gasteiger charge is 2.28. The number of benzene rings is 1. The zero-order valence-corrected chi connectivity index (χ0v) is 13.3. The molecule has 0 N–H and O–H groups in total. The lowest BCUT2D eigenvalue weighted by Gasteiger charge is -2.23. The second kappa shape index (κ2) is 6.75. The molecule has 0 aliphatic carbocycles. The standard InChI is InChI=1S/C14H17ClN2O3S/c1-2-17(9-11-5-6-20-10-11)21(18,19)13-4-3-12(8-16)14(15)7-13/h3-4,7,11H,2,5-6,9-10H2,1H3. The zero-order chi connectivity index (χ0) is 15.5. The van der Waals surface area contributed by atoms with Gasteiger partial charge in [0.25, 0.3) is 0 Å². The lowest BCUT2D eigenvalue weighted by molar-refractivity contribution is 0.181. The summed E-state index contributed by atoms with van der Waals surface area (Å²) in [6.07, 6.45) is 0.875. The molecule has 114 valence electrons. The van der Waals surface area contributed by atoms with Crippen LogP contribution in [0.1, 0.15) is 18.9 Å². The highest BCUT2D eigenvalue weighted by Crippen LogP contribution is 2.24. The Kier molecular flexibility index (Phi) is 5.22. The van der Waals surface area contributed by atoms with E-state index in [9.17, 15) is 8.42 Å². The van der Waals surface area contributed by atoms with Gasteiger partial charge in [-0.15, -0.1) is 0 Å². The van der Waals surface area contributed by atoms with Crippen molar-refractivity contribution in [3.63, 3.8) is 0 Å². The lowest BCUT2D eigenvalue weighted by Crippen LogP contribution is -2.35. The van der Waals surface area contributed by atoms with Crippen molar-refractivity contribution in [2.45, 2.75) is 18.2 Å². The number of nitrogens with zero attached hydrogens (tertiary/aromatic N) is 2. The van der Waals surface area contributed by atoms with E-state index in [2.05, 4.69) is 0 Å². The van der Waals surface area contributed by atoms with Crippen molar-refractivity contribution in [1.82, 2.24) is 4.31 Å². The van der Waals surface area contributed by atoms with Gasteiger partial charge in [-0.1, -0.05) is 18.5 Å². The smallest absolute Gasteiger partial charge is 0.243 e. The van der Waals surface area contributed by atoms with Crippen molar-refractivity contribution in [1.29, 1.82) is 5.26 Å². The summed E-state index contributed by atoms with van der Waals surface area (Å²) < 4.78 is 32.0. The Morgan fingerprint density at radius 1 is 1.52 bits per heavy atom. The minimum absolute atomic E-state index is 0.118. The van der Waals surface area contributed by atoms with Gasteiger partial charge >= 0.3 is 0 Å². The summed E-state index contributed by atoms with van der Waals surface area (Å²) in [4.78, 5) is 0.118. The summed E-state index contributed by atoms with van der Waals surface area (Å²) >= 11 is 5.93. The maximum atomic E-state index is 12.6. The van der Waals surface area contributed by atoms with Gasteiger partial charge in [0.05, 0.1) is 22.1 Å². The number of hydrogen-bond acceptors (Lipinski definition) is 4. The molecule has 1 heterocycles. The molecular formula is C14H17ClN2O3S. The van der Waals surface area contributed by atoms with E-state index < -0.39 is 10.0 Å². The Labute approximate surface area is 130 Å². The van der Waals surface area contributed by atoms with Crippen LogP contribution in [-0.4, -0.2) is 39.0 Å². The minimum Gasteiger partial charge on any atom is -0.381 e. The van der Waals surface area contributed by atoms with Gasteiger partial charge < -0.3 is 4.74 Å². The first-order valence-corrected chi connectivity index (χ1v) is 8.58. The summed E-state index contributed by atoms with van der Waals surface area (Å²) in [6.45, 7) is 3.91. The van der Waals surface area contributed by atoms with Crippen molar-refractivity contribution >= 4 is 21.6 Å². The molecule has 0 radical (unpaired) electrons. The van der Waals surface area contributed by atoms with Crippen LogP contribution in [0, 0.1) is 17.2 Å². The maximum absolute atomic E-state index is 12.6. The Morgan fingerprint density at radius 2 is 2.29 bits per heavy atom. The summed E-state index contributed by atoms with van der Waals surface area (Å²) in [7, 11) is -3.60. The Morgan fingerprint density at radius 3 is 2.81 bits per heavy atom. The molecule has 1 atom stereocenters. The van der Waals surface area contributed by atoms with Crippen LogP contribution >= 0.6 is 11.6 Å². The molecular weight excluding hydrogens is 312 g/mol. The molecule has 1 aliphatic heterocycles. The number of halogens is 1. The minimum atomic E-state index is -3.60. The molecule has 7 heteroatoms. The van der Waals surface area contributed by atoms with Crippen LogP contribution in [0.25, 0.3) is 0 Å². The van der Waals surface area contributed by atoms with Gasteiger partial charge in [-0.05, 0) is 30.5 Å². The summed E-state index contributed by atoms with van der Waals surface area (Å²) in [5.41, 5.74) is 0.267. The topological polar surface area (TPSA) is 70.4 Å². The molecule has 2 rings (SSSR count). The molecule has 0 aromatic heterocycles. The number of rotatable bonds is 5. The third-order valence-corrected chi connectivity index (χ3v) is 5.79. The van der Waals surface area contributed by atoms with Crippen LogP contribution in [0.2, 0.25) is 5.02 Å². The first-order valence-electron chi connectivity index (χ1n) is 6.76. The summed E-state index contributed by atoms with van der Waals surface area (Å²) in [6, 6.07) is 6.11. The molecule has 1 aliphatic rings. The fraction of sp³-hybridized carbons (Fsp3) is 0.500. The van der Waals surface area contributed by atoms with Crippen LogP contribution in [0.15, 0.2) is 23.1 Å². The molecule has 1 unspecified atom stereocenters. The van der Waals surface area contributed by atoms with Crippen LogP contribution in [0.4, 0.5) is 0 Å². The third-order valence-electron chi connectivity index (χ3n) is 3.54. The lowest BCUT2D eigenvalue weighted by atomic mass is 10.1. The summed E-state index contributed by atoms with van der Waals surface area (Å²) in [5.74, 6) is 0.230. The number of ether oxygens (including phenoxy) is 1. The van der Waals surface area contributed by atoms with Gasteiger partial charge in [0.2, 0.25) is 10.0 Å². The highest BCUT2D eigenvalue weighted by molar-refractivity contribution is 7.89. The van der Waals surface area contributed by atoms with E-state index in [4.69, 9.17) is 21.6 Å². The third kappa shape index (κ3) is 3.55. The van der Waals surface area contributed by atoms with E-state index in [1.54, 1.807) is 6.92 Å². The van der Waals surface area contributed by atoms with Crippen molar-refractivity contribution in [2.75, 3.05) is 26.3 Å². The molecule has 0 bridgehead atoms. The van der Waals surface area contributed by atoms with Crippen LogP contribution < -0.4 is 0 Å². The van der Waals surface area contributed by atoms with Crippen molar-refractivity contribution in [3.8, 4) is 6.07 Å². The van der Waals surface area contributed by atoms with E-state index in [0.717, 1.165) is 6.42 Å². The quantitative estimate of drug-likeness (QED) is 0.831. The molecule has 0 amide bonds. The predicted octanol–water partition coefficient (Wildman–Crippen LogP) is 2.26. The average molecular weight is 329 g/mol. The molecule has 5 nitrogen and oxygen atoms in total. The molecule has 21 heavy (non-hydrogen) atoms. The van der Waals surface area contributed by atoms with E-state index in [1.165, 1.54) is 22.5 Å². The van der Waals surface area contributed by atoms with Crippen molar-refractivity contribution in [2.24, 2.45) is 5.92 Å². The Balaban J connectivity index is 2.26. The largest absolute Gasteiger partial charge is 0.381 e. The SMILES string of the molecule is CCN(CC1CCOC1)S(=O)(=O)c1ccc(C#N)c(Cl)c1. The van der Waals surface area contributed by atoms with Crippen molar-refractivity contribution < 1.29 is 13.2 Å². The number of nitriles is 1. The van der Waals surface area contributed by atoms with E-state index in [-0.39, 0.29) is 21.4 Å². The fourth-order valence-corrected chi connectivity index (χ4v) is 4.15. The van der Waals surface area contributed by atoms with Gasteiger partial charge in [-0.2, -0.15) is 9.57 Å². The molecule has 1 aromatic rings. The molecule has 0 saturated carbocycles. The fourth-order valence-electron chi connectivity index (χ4n) is 2.31. The highest BCUT2D eigenvalue weighted by atomic mass is 35.5. The average Bonchev–Trinajstić information content (AvgIpc) is 2.97. The van der Waals surface area contributed by atoms with Gasteiger partial charge in [-0.3, -0.25) is 0 Å². The van der Waals surface area contributed by atoms with Gasteiger partial charge in [0, 0.05) is 19.7 Å². The molecule has 1 saturated heterocycles. The predicted molar refractivity (Wildman–Crippen MR) is 79.5 cm³/mol. The number of sulfonamides is 1. The second-order valence-corrected chi connectivity index (χ2v) is 7.28. The first-order chi connectivity index (χ1) is 9.98. The van der Waals surface area contributed by atoms with E-state index >= 15 is 0 Å². The zero-order valence-electron chi connectivity index (χ0n) is 11.8. The van der Waals surface area contributed by atoms with Crippen LogP contribution in [0.5, 0.6) is 0 Å². The van der Waals surface area contributed by atoms with E-state index in [0.29, 0.717) is 26.3 Å². The van der Waals surface area contributed by atoms with E-state index in [1.807, 2.05) is 6.07 Å². The molecule has 1 aromatic carbocycles. The van der Waals surface area contributed by atoms with Gasteiger partial charge in [0.1, 0.15) is 6.07 Å². The second-order valence-electron chi connectivity index (χ2n) is 4.94. The van der Waals surface area contributed by atoms with Crippen LogP contribution in [-0.2, 0) is 14.8 Å². The first kappa shape index (κ1) is 16.2. The van der Waals surface area contributed by atoms with Gasteiger partial charge in [0.15, 0.2) is 0 Å². The monoisotopic (exact) mass is 328 g/mol. The number of hydrogen-bond donors (Lipinski definition) is 0. The maximum Gasteiger partial charge on any atom is 0.243 e. The molecule has 1 fully saturated rings.